The lowest BCUT2D eigenvalue weighted by atomic mass is 10.3. The zero-order valence-electron chi connectivity index (χ0n) is 11.6. The van der Waals surface area contributed by atoms with E-state index in [4.69, 9.17) is 11.6 Å². The van der Waals surface area contributed by atoms with Gasteiger partial charge in [0.15, 0.2) is 0 Å². The van der Waals surface area contributed by atoms with Crippen molar-refractivity contribution in [1.29, 1.82) is 0 Å². The van der Waals surface area contributed by atoms with E-state index in [0.29, 0.717) is 22.9 Å². The Balaban J connectivity index is 2.34. The molecule has 6 heteroatoms. The molecule has 0 unspecified atom stereocenters. The molecule has 0 aliphatic rings. The molecule has 0 spiro atoms. The molecule has 0 bridgehead atoms. The Labute approximate surface area is 130 Å². The minimum absolute atomic E-state index is 0.207. The minimum atomic E-state index is -3.69. The van der Waals surface area contributed by atoms with Crippen LogP contribution < -0.4 is 10.0 Å². The standard InChI is InChI=1S/C15H17ClN2O2S/c1-2-11-17-14-9-5-6-10-15(14)21(19,20)18-13-8-4-3-7-12(13)16/h3-10,17-18H,2,11H2,1H3. The number of anilines is 2. The predicted octanol–water partition coefficient (Wildman–Crippen LogP) is 3.96. The Kier molecular flexibility index (Phi) is 5.09. The van der Waals surface area contributed by atoms with E-state index in [1.807, 2.05) is 6.92 Å². The average molecular weight is 325 g/mol. The van der Waals surface area contributed by atoms with Crippen LogP contribution in [0.15, 0.2) is 53.4 Å². The van der Waals surface area contributed by atoms with Gasteiger partial charge in [-0.1, -0.05) is 42.8 Å². The van der Waals surface area contributed by atoms with Crippen LogP contribution in [0.5, 0.6) is 0 Å². The molecule has 0 aromatic heterocycles. The highest BCUT2D eigenvalue weighted by Crippen LogP contribution is 2.27. The lowest BCUT2D eigenvalue weighted by Gasteiger charge is -2.14. The van der Waals surface area contributed by atoms with E-state index in [9.17, 15) is 8.42 Å². The fraction of sp³-hybridized carbons (Fsp3) is 0.200. The highest BCUT2D eigenvalue weighted by molar-refractivity contribution is 7.92. The van der Waals surface area contributed by atoms with Crippen molar-refractivity contribution in [2.75, 3.05) is 16.6 Å². The summed E-state index contributed by atoms with van der Waals surface area (Å²) in [6.07, 6.45) is 0.909. The van der Waals surface area contributed by atoms with Gasteiger partial charge in [-0.25, -0.2) is 8.42 Å². The Bertz CT molecular complexity index is 717. The zero-order valence-corrected chi connectivity index (χ0v) is 13.2. The first kappa shape index (κ1) is 15.7. The number of hydrogen-bond acceptors (Lipinski definition) is 3. The quantitative estimate of drug-likeness (QED) is 0.845. The molecule has 2 aromatic carbocycles. The molecule has 4 nitrogen and oxygen atoms in total. The molecule has 0 aliphatic carbocycles. The van der Waals surface area contributed by atoms with E-state index in [1.54, 1.807) is 48.5 Å². The number of benzene rings is 2. The van der Waals surface area contributed by atoms with Gasteiger partial charge in [-0.2, -0.15) is 0 Å². The second-order valence-corrected chi connectivity index (χ2v) is 6.57. The maximum atomic E-state index is 12.5. The molecule has 0 radical (unpaired) electrons. The molecular formula is C15H17ClN2O2S. The molecule has 21 heavy (non-hydrogen) atoms. The summed E-state index contributed by atoms with van der Waals surface area (Å²) < 4.78 is 27.6. The maximum absolute atomic E-state index is 12.5. The van der Waals surface area contributed by atoms with E-state index in [2.05, 4.69) is 10.0 Å². The van der Waals surface area contributed by atoms with Crippen molar-refractivity contribution in [3.63, 3.8) is 0 Å². The van der Waals surface area contributed by atoms with Crippen molar-refractivity contribution in [3.8, 4) is 0 Å². The molecule has 0 fully saturated rings. The Morgan fingerprint density at radius 2 is 1.62 bits per heavy atom. The highest BCUT2D eigenvalue weighted by Gasteiger charge is 2.19. The van der Waals surface area contributed by atoms with Crippen molar-refractivity contribution >= 4 is 33.0 Å². The van der Waals surface area contributed by atoms with Crippen molar-refractivity contribution in [2.45, 2.75) is 18.2 Å². The van der Waals surface area contributed by atoms with E-state index in [-0.39, 0.29) is 4.90 Å². The van der Waals surface area contributed by atoms with Crippen molar-refractivity contribution in [3.05, 3.63) is 53.6 Å². The summed E-state index contributed by atoms with van der Waals surface area (Å²) in [7, 11) is -3.69. The molecule has 0 atom stereocenters. The number of sulfonamides is 1. The monoisotopic (exact) mass is 324 g/mol. The van der Waals surface area contributed by atoms with Crippen LogP contribution >= 0.6 is 11.6 Å². The third kappa shape index (κ3) is 3.89. The first-order valence-electron chi connectivity index (χ1n) is 6.65. The molecule has 112 valence electrons. The topological polar surface area (TPSA) is 58.2 Å². The summed E-state index contributed by atoms with van der Waals surface area (Å²) in [5.74, 6) is 0. The zero-order chi connectivity index (χ0) is 15.3. The lowest BCUT2D eigenvalue weighted by Crippen LogP contribution is -2.15. The molecule has 0 saturated heterocycles. The minimum Gasteiger partial charge on any atom is -0.384 e. The molecule has 2 N–H and O–H groups in total. The third-order valence-electron chi connectivity index (χ3n) is 2.86. The third-order valence-corrected chi connectivity index (χ3v) is 4.61. The number of para-hydroxylation sites is 2. The lowest BCUT2D eigenvalue weighted by molar-refractivity contribution is 0.601. The fourth-order valence-corrected chi connectivity index (χ4v) is 3.35. The van der Waals surface area contributed by atoms with Crippen molar-refractivity contribution in [2.24, 2.45) is 0 Å². The first-order chi connectivity index (χ1) is 10.0. The summed E-state index contributed by atoms with van der Waals surface area (Å²) in [5.41, 5.74) is 0.948. The van der Waals surface area contributed by atoms with Gasteiger partial charge in [0, 0.05) is 6.54 Å². The molecule has 0 heterocycles. The Hall–Kier alpha value is -1.72. The van der Waals surface area contributed by atoms with E-state index in [1.165, 1.54) is 0 Å². The van der Waals surface area contributed by atoms with Gasteiger partial charge >= 0.3 is 0 Å². The fourth-order valence-electron chi connectivity index (χ4n) is 1.85. The SMILES string of the molecule is CCCNc1ccccc1S(=O)(=O)Nc1ccccc1Cl. The van der Waals surface area contributed by atoms with Crippen LogP contribution in [0.1, 0.15) is 13.3 Å². The van der Waals surface area contributed by atoms with Crippen LogP contribution in [-0.2, 0) is 10.0 Å². The van der Waals surface area contributed by atoms with Crippen molar-refractivity contribution < 1.29 is 8.42 Å². The number of nitrogens with one attached hydrogen (secondary N) is 2. The largest absolute Gasteiger partial charge is 0.384 e. The Morgan fingerprint density at radius 3 is 2.29 bits per heavy atom. The van der Waals surface area contributed by atoms with Crippen LogP contribution in [0.3, 0.4) is 0 Å². The van der Waals surface area contributed by atoms with E-state index in [0.717, 1.165) is 6.42 Å². The van der Waals surface area contributed by atoms with Crippen LogP contribution in [-0.4, -0.2) is 15.0 Å². The summed E-state index contributed by atoms with van der Waals surface area (Å²) >= 11 is 6.00. The smallest absolute Gasteiger partial charge is 0.263 e. The number of rotatable bonds is 6. The molecular weight excluding hydrogens is 308 g/mol. The highest BCUT2D eigenvalue weighted by atomic mass is 35.5. The van der Waals surface area contributed by atoms with Crippen LogP contribution in [0.4, 0.5) is 11.4 Å². The normalized spacial score (nSPS) is 11.1. The van der Waals surface area contributed by atoms with Gasteiger partial charge in [-0.05, 0) is 30.7 Å². The average Bonchev–Trinajstić information content (AvgIpc) is 2.47. The van der Waals surface area contributed by atoms with Crippen LogP contribution in [0.2, 0.25) is 5.02 Å². The maximum Gasteiger partial charge on any atom is 0.263 e. The summed E-state index contributed by atoms with van der Waals surface area (Å²) in [5, 5.41) is 3.48. The molecule has 0 aliphatic heterocycles. The molecule has 2 rings (SSSR count). The molecule has 0 saturated carbocycles. The van der Waals surface area contributed by atoms with Gasteiger partial charge < -0.3 is 5.32 Å². The van der Waals surface area contributed by atoms with E-state index < -0.39 is 10.0 Å². The summed E-state index contributed by atoms with van der Waals surface area (Å²) in [6.45, 7) is 2.73. The number of halogens is 1. The first-order valence-corrected chi connectivity index (χ1v) is 8.51. The van der Waals surface area contributed by atoms with Gasteiger partial charge in [0.2, 0.25) is 0 Å². The van der Waals surface area contributed by atoms with E-state index >= 15 is 0 Å². The molecule has 0 amide bonds. The van der Waals surface area contributed by atoms with Gasteiger partial charge in [0.25, 0.3) is 10.0 Å². The molecule has 2 aromatic rings. The van der Waals surface area contributed by atoms with Gasteiger partial charge in [-0.15, -0.1) is 0 Å². The van der Waals surface area contributed by atoms with Gasteiger partial charge in [-0.3, -0.25) is 4.72 Å². The van der Waals surface area contributed by atoms with Gasteiger partial charge in [0.1, 0.15) is 4.90 Å². The van der Waals surface area contributed by atoms with Crippen molar-refractivity contribution in [1.82, 2.24) is 0 Å². The summed E-state index contributed by atoms with van der Waals surface area (Å²) in [6, 6.07) is 13.5. The number of hydrogen-bond donors (Lipinski definition) is 2. The van der Waals surface area contributed by atoms with Gasteiger partial charge in [0.05, 0.1) is 16.4 Å². The summed E-state index contributed by atoms with van der Waals surface area (Å²) in [4.78, 5) is 0.207. The predicted molar refractivity (Wildman–Crippen MR) is 87.5 cm³/mol. The second-order valence-electron chi connectivity index (χ2n) is 4.51. The second kappa shape index (κ2) is 6.83. The van der Waals surface area contributed by atoms with Crippen LogP contribution in [0, 0.1) is 0 Å². The Morgan fingerprint density at radius 1 is 1.00 bits per heavy atom. The van der Waals surface area contributed by atoms with Crippen LogP contribution in [0.25, 0.3) is 0 Å².